The van der Waals surface area contributed by atoms with Crippen LogP contribution in [0.1, 0.15) is 11.7 Å². The van der Waals surface area contributed by atoms with E-state index in [4.69, 9.17) is 9.47 Å². The second kappa shape index (κ2) is 4.28. The molecule has 0 unspecified atom stereocenters. The quantitative estimate of drug-likeness (QED) is 0.807. The third-order valence-corrected chi connectivity index (χ3v) is 4.32. The largest absolute Gasteiger partial charge is 0.497 e. The van der Waals surface area contributed by atoms with Gasteiger partial charge in [-0.2, -0.15) is 0 Å². The van der Waals surface area contributed by atoms with Crippen molar-refractivity contribution in [1.29, 1.82) is 0 Å². The van der Waals surface area contributed by atoms with Crippen molar-refractivity contribution >= 4 is 11.8 Å². The lowest BCUT2D eigenvalue weighted by Crippen LogP contribution is -2.46. The Labute approximate surface area is 99.5 Å². The summed E-state index contributed by atoms with van der Waals surface area (Å²) in [6, 6.07) is 6.69. The van der Waals surface area contributed by atoms with Crippen molar-refractivity contribution in [3.63, 3.8) is 0 Å². The van der Waals surface area contributed by atoms with E-state index in [0.29, 0.717) is 6.04 Å². The third-order valence-electron chi connectivity index (χ3n) is 3.11. The topological polar surface area (TPSA) is 30.5 Å². The summed E-state index contributed by atoms with van der Waals surface area (Å²) in [4.78, 5) is 1.32. The second-order valence-electron chi connectivity index (χ2n) is 4.07. The number of nitrogens with one attached hydrogen (secondary N) is 1. The molecule has 2 heterocycles. The van der Waals surface area contributed by atoms with Gasteiger partial charge in [-0.3, -0.25) is 0 Å². The number of ether oxygens (including phenoxy) is 2. The molecular formula is C12H15NO2S. The summed E-state index contributed by atoms with van der Waals surface area (Å²) in [5, 5.41) is 3.51. The summed E-state index contributed by atoms with van der Waals surface area (Å²) in [6.07, 6.45) is 0.195. The van der Waals surface area contributed by atoms with E-state index in [1.54, 1.807) is 7.11 Å². The van der Waals surface area contributed by atoms with Gasteiger partial charge >= 0.3 is 0 Å². The summed E-state index contributed by atoms with van der Waals surface area (Å²) < 4.78 is 11.2. The highest BCUT2D eigenvalue weighted by Gasteiger charge is 2.33. The Kier molecular flexibility index (Phi) is 2.79. The van der Waals surface area contributed by atoms with Gasteiger partial charge in [0.2, 0.25) is 0 Å². The first kappa shape index (κ1) is 10.4. The highest BCUT2D eigenvalue weighted by molar-refractivity contribution is 7.99. The molecular weight excluding hydrogens is 222 g/mol. The van der Waals surface area contributed by atoms with Gasteiger partial charge in [0, 0.05) is 23.2 Å². The Morgan fingerprint density at radius 1 is 1.50 bits per heavy atom. The zero-order valence-corrected chi connectivity index (χ0v) is 10.0. The number of hydrogen-bond donors (Lipinski definition) is 1. The van der Waals surface area contributed by atoms with Crippen LogP contribution in [-0.4, -0.2) is 32.1 Å². The van der Waals surface area contributed by atoms with Gasteiger partial charge in [0.05, 0.1) is 19.8 Å². The number of benzene rings is 1. The van der Waals surface area contributed by atoms with E-state index in [1.807, 2.05) is 17.8 Å². The van der Waals surface area contributed by atoms with Crippen molar-refractivity contribution in [2.75, 3.05) is 26.0 Å². The lowest BCUT2D eigenvalue weighted by atomic mass is 10.0. The molecule has 0 aliphatic carbocycles. The highest BCUT2D eigenvalue weighted by Crippen LogP contribution is 2.40. The minimum atomic E-state index is 0.195. The van der Waals surface area contributed by atoms with Crippen molar-refractivity contribution in [2.45, 2.75) is 17.0 Å². The molecule has 2 aliphatic rings. The molecule has 3 nitrogen and oxygen atoms in total. The zero-order valence-electron chi connectivity index (χ0n) is 9.23. The smallest absolute Gasteiger partial charge is 0.119 e. The van der Waals surface area contributed by atoms with Gasteiger partial charge in [-0.15, -0.1) is 11.8 Å². The van der Waals surface area contributed by atoms with Gasteiger partial charge in [0.15, 0.2) is 0 Å². The van der Waals surface area contributed by atoms with Gasteiger partial charge in [0.25, 0.3) is 0 Å². The molecule has 16 heavy (non-hydrogen) atoms. The molecule has 1 aromatic rings. The monoisotopic (exact) mass is 237 g/mol. The maximum absolute atomic E-state index is 5.88. The summed E-state index contributed by atoms with van der Waals surface area (Å²) in [6.45, 7) is 1.75. The molecule has 2 aliphatic heterocycles. The Hall–Kier alpha value is -0.710. The van der Waals surface area contributed by atoms with Gasteiger partial charge < -0.3 is 14.8 Å². The van der Waals surface area contributed by atoms with Crippen LogP contribution < -0.4 is 10.1 Å². The zero-order chi connectivity index (χ0) is 11.0. The molecule has 3 rings (SSSR count). The van der Waals surface area contributed by atoms with Gasteiger partial charge in [-0.05, 0) is 23.8 Å². The van der Waals surface area contributed by atoms with E-state index in [2.05, 4.69) is 17.4 Å². The molecule has 1 aromatic carbocycles. The molecule has 1 N–H and O–H groups in total. The van der Waals surface area contributed by atoms with Crippen LogP contribution in [0.2, 0.25) is 0 Å². The lowest BCUT2D eigenvalue weighted by Gasteiger charge is -2.37. The van der Waals surface area contributed by atoms with Crippen LogP contribution in [0.5, 0.6) is 5.75 Å². The molecule has 1 fully saturated rings. The minimum absolute atomic E-state index is 0.195. The fourth-order valence-corrected chi connectivity index (χ4v) is 3.45. The van der Waals surface area contributed by atoms with Gasteiger partial charge in [-0.1, -0.05) is 0 Å². The first-order valence-corrected chi connectivity index (χ1v) is 6.53. The molecule has 0 amide bonds. The van der Waals surface area contributed by atoms with Crippen molar-refractivity contribution in [2.24, 2.45) is 0 Å². The average molecular weight is 237 g/mol. The van der Waals surface area contributed by atoms with E-state index in [1.165, 1.54) is 10.5 Å². The number of rotatable bonds is 1. The second-order valence-corrected chi connectivity index (χ2v) is 5.13. The standard InChI is InChI=1S/C12H15NO2S/c1-14-8-2-3-11-9(6-8)12-10(7-16-11)13-4-5-15-12/h2-3,6,10,12-13H,4-5,7H2,1H3/t10-,12-/m0/s1. The maximum atomic E-state index is 5.88. The van der Waals surface area contributed by atoms with E-state index in [0.717, 1.165) is 24.7 Å². The lowest BCUT2D eigenvalue weighted by molar-refractivity contribution is -0.00198. The van der Waals surface area contributed by atoms with E-state index in [-0.39, 0.29) is 6.10 Å². The molecule has 0 saturated carbocycles. The normalized spacial score (nSPS) is 28.1. The molecule has 0 aromatic heterocycles. The number of thioether (sulfide) groups is 1. The van der Waals surface area contributed by atoms with Crippen molar-refractivity contribution < 1.29 is 9.47 Å². The molecule has 0 bridgehead atoms. The first-order valence-electron chi connectivity index (χ1n) is 5.54. The van der Waals surface area contributed by atoms with Crippen LogP contribution in [-0.2, 0) is 4.74 Å². The fraction of sp³-hybridized carbons (Fsp3) is 0.500. The predicted molar refractivity (Wildman–Crippen MR) is 64.2 cm³/mol. The van der Waals surface area contributed by atoms with Crippen molar-refractivity contribution in [1.82, 2.24) is 5.32 Å². The Morgan fingerprint density at radius 2 is 2.44 bits per heavy atom. The molecule has 4 heteroatoms. The number of methoxy groups -OCH3 is 1. The van der Waals surface area contributed by atoms with Crippen LogP contribution in [0.3, 0.4) is 0 Å². The molecule has 0 radical (unpaired) electrons. The predicted octanol–water partition coefficient (Wildman–Crippen LogP) is 1.83. The third kappa shape index (κ3) is 1.71. The first-order chi connectivity index (χ1) is 7.88. The van der Waals surface area contributed by atoms with E-state index in [9.17, 15) is 0 Å². The Bertz CT molecular complexity index is 397. The van der Waals surface area contributed by atoms with E-state index >= 15 is 0 Å². The Morgan fingerprint density at radius 3 is 3.31 bits per heavy atom. The van der Waals surface area contributed by atoms with Crippen molar-refractivity contribution in [3.05, 3.63) is 23.8 Å². The highest BCUT2D eigenvalue weighted by atomic mass is 32.2. The van der Waals surface area contributed by atoms with Crippen LogP contribution in [0.4, 0.5) is 0 Å². The number of fused-ring (bicyclic) bond motifs is 3. The Balaban J connectivity index is 1.98. The summed E-state index contributed by atoms with van der Waals surface area (Å²) in [7, 11) is 1.70. The fourth-order valence-electron chi connectivity index (χ4n) is 2.29. The molecule has 1 saturated heterocycles. The number of morpholine rings is 1. The minimum Gasteiger partial charge on any atom is -0.497 e. The van der Waals surface area contributed by atoms with Gasteiger partial charge in [-0.25, -0.2) is 0 Å². The maximum Gasteiger partial charge on any atom is 0.119 e. The summed E-state index contributed by atoms with van der Waals surface area (Å²) in [5.74, 6) is 2.00. The van der Waals surface area contributed by atoms with Crippen molar-refractivity contribution in [3.8, 4) is 5.75 Å². The SMILES string of the molecule is COc1ccc2c(c1)[C@@H]1OCCN[C@H]1CS2. The summed E-state index contributed by atoms with van der Waals surface area (Å²) in [5.41, 5.74) is 1.27. The van der Waals surface area contributed by atoms with Gasteiger partial charge in [0.1, 0.15) is 5.75 Å². The van der Waals surface area contributed by atoms with E-state index < -0.39 is 0 Å². The van der Waals surface area contributed by atoms with Crippen LogP contribution >= 0.6 is 11.8 Å². The van der Waals surface area contributed by atoms with Crippen LogP contribution in [0.25, 0.3) is 0 Å². The number of hydrogen-bond acceptors (Lipinski definition) is 4. The molecule has 0 spiro atoms. The van der Waals surface area contributed by atoms with Crippen LogP contribution in [0, 0.1) is 0 Å². The molecule has 86 valence electrons. The summed E-state index contributed by atoms with van der Waals surface area (Å²) >= 11 is 1.90. The average Bonchev–Trinajstić information content (AvgIpc) is 2.38. The van der Waals surface area contributed by atoms with Crippen LogP contribution in [0.15, 0.2) is 23.1 Å². The molecule has 2 atom stereocenters.